The minimum Gasteiger partial charge on any atom is -0.462 e. The summed E-state index contributed by atoms with van der Waals surface area (Å²) >= 11 is 1.62. The van der Waals surface area contributed by atoms with Crippen LogP contribution in [0.25, 0.3) is 11.0 Å². The molecular weight excluding hydrogens is 492 g/mol. The molecule has 0 spiro atoms. The van der Waals surface area contributed by atoms with Gasteiger partial charge in [-0.3, -0.25) is 0 Å². The maximum Gasteiger partial charge on any atom is 0.339 e. The van der Waals surface area contributed by atoms with Crippen molar-refractivity contribution in [3.63, 3.8) is 0 Å². The molecule has 2 aromatic heterocycles. The standard InChI is InChI=1S/C28H28N2O4S2/c1-3-34-28(31)27-20-8-4-7-11-25(20)35-26(27)16-23-24(30-22-10-6-5-9-21(22)29-23)17-36(32,33)19-14-12-18(2)13-15-19/h5-6,9-10,12-15H,3-4,7-8,11,16-17H2,1-2H3. The topological polar surface area (TPSA) is 86.2 Å². The minimum absolute atomic E-state index is 0.257. The van der Waals surface area contributed by atoms with E-state index in [0.29, 0.717) is 41.0 Å². The molecule has 186 valence electrons. The number of benzene rings is 2. The number of thiophene rings is 1. The average Bonchev–Trinajstić information content (AvgIpc) is 3.22. The second-order valence-corrected chi connectivity index (χ2v) is 12.3. The van der Waals surface area contributed by atoms with Gasteiger partial charge in [-0.05, 0) is 69.4 Å². The van der Waals surface area contributed by atoms with Crippen molar-refractivity contribution in [3.8, 4) is 0 Å². The van der Waals surface area contributed by atoms with Gasteiger partial charge in [-0.1, -0.05) is 29.8 Å². The number of fused-ring (bicyclic) bond motifs is 2. The van der Waals surface area contributed by atoms with Crippen LogP contribution in [0.2, 0.25) is 0 Å². The lowest BCUT2D eigenvalue weighted by atomic mass is 9.94. The van der Waals surface area contributed by atoms with Crippen molar-refractivity contribution in [1.29, 1.82) is 0 Å². The summed E-state index contributed by atoms with van der Waals surface area (Å²) in [5.41, 5.74) is 5.05. The first kappa shape index (κ1) is 24.6. The van der Waals surface area contributed by atoms with Crippen molar-refractivity contribution >= 4 is 38.2 Å². The van der Waals surface area contributed by atoms with Gasteiger partial charge in [0, 0.05) is 16.2 Å². The molecule has 2 heterocycles. The Bertz CT molecular complexity index is 1540. The van der Waals surface area contributed by atoms with E-state index >= 15 is 0 Å². The normalized spacial score (nSPS) is 13.5. The van der Waals surface area contributed by atoms with Gasteiger partial charge >= 0.3 is 5.97 Å². The van der Waals surface area contributed by atoms with Crippen molar-refractivity contribution < 1.29 is 17.9 Å². The number of carbonyl (C=O) groups is 1. The molecule has 1 aliphatic rings. The summed E-state index contributed by atoms with van der Waals surface area (Å²) in [6, 6.07) is 14.3. The predicted molar refractivity (Wildman–Crippen MR) is 141 cm³/mol. The van der Waals surface area contributed by atoms with Crippen LogP contribution < -0.4 is 0 Å². The number of hydrogen-bond acceptors (Lipinski definition) is 7. The Labute approximate surface area is 215 Å². The minimum atomic E-state index is -3.64. The van der Waals surface area contributed by atoms with Gasteiger partial charge in [0.15, 0.2) is 9.84 Å². The maximum atomic E-state index is 13.3. The van der Waals surface area contributed by atoms with E-state index in [1.165, 1.54) is 4.88 Å². The Hall–Kier alpha value is -3.10. The highest BCUT2D eigenvalue weighted by molar-refractivity contribution is 7.90. The summed E-state index contributed by atoms with van der Waals surface area (Å²) in [7, 11) is -3.64. The van der Waals surface area contributed by atoms with Crippen molar-refractivity contribution in [2.75, 3.05) is 6.61 Å². The summed E-state index contributed by atoms with van der Waals surface area (Å²) in [5.74, 6) is -0.572. The van der Waals surface area contributed by atoms with Crippen LogP contribution in [-0.2, 0) is 39.6 Å². The van der Waals surface area contributed by atoms with Crippen LogP contribution in [0.4, 0.5) is 0 Å². The molecule has 0 saturated heterocycles. The van der Waals surface area contributed by atoms with Crippen LogP contribution in [0.1, 0.15) is 62.4 Å². The molecule has 6 nitrogen and oxygen atoms in total. The predicted octanol–water partition coefficient (Wildman–Crippen LogP) is 5.62. The zero-order valence-corrected chi connectivity index (χ0v) is 22.0. The van der Waals surface area contributed by atoms with Crippen molar-refractivity contribution in [1.82, 2.24) is 9.97 Å². The van der Waals surface area contributed by atoms with Gasteiger partial charge in [0.1, 0.15) is 0 Å². The highest BCUT2D eigenvalue weighted by Gasteiger charge is 2.28. The number of nitrogens with zero attached hydrogens (tertiary/aromatic N) is 2. The first-order valence-corrected chi connectivity index (χ1v) is 14.7. The molecule has 36 heavy (non-hydrogen) atoms. The van der Waals surface area contributed by atoms with Gasteiger partial charge in [-0.25, -0.2) is 23.2 Å². The van der Waals surface area contributed by atoms with Crippen LogP contribution >= 0.6 is 11.3 Å². The van der Waals surface area contributed by atoms with E-state index in [2.05, 4.69) is 0 Å². The molecule has 0 N–H and O–H groups in total. The number of esters is 1. The second-order valence-electron chi connectivity index (χ2n) is 9.08. The lowest BCUT2D eigenvalue weighted by Crippen LogP contribution is -2.13. The highest BCUT2D eigenvalue weighted by atomic mass is 32.2. The fraction of sp³-hybridized carbons (Fsp3) is 0.321. The molecule has 2 aromatic carbocycles. The number of ether oxygens (including phenoxy) is 1. The van der Waals surface area contributed by atoms with Crippen molar-refractivity contribution in [2.45, 2.75) is 56.6 Å². The monoisotopic (exact) mass is 520 g/mol. The van der Waals surface area contributed by atoms with Crippen molar-refractivity contribution in [3.05, 3.63) is 86.4 Å². The largest absolute Gasteiger partial charge is 0.462 e. The molecule has 0 unspecified atom stereocenters. The number of carbonyl (C=O) groups excluding carboxylic acids is 1. The fourth-order valence-corrected chi connectivity index (χ4v) is 7.38. The van der Waals surface area contributed by atoms with Crippen molar-refractivity contribution in [2.24, 2.45) is 0 Å². The number of aryl methyl sites for hydroxylation is 2. The smallest absolute Gasteiger partial charge is 0.339 e. The number of hydrogen-bond donors (Lipinski definition) is 0. The van der Waals surface area contributed by atoms with E-state index in [1.807, 2.05) is 31.2 Å². The summed E-state index contributed by atoms with van der Waals surface area (Å²) in [6.07, 6.45) is 4.29. The molecule has 0 saturated carbocycles. The molecule has 0 atom stereocenters. The Morgan fingerprint density at radius 1 is 0.972 bits per heavy atom. The van der Waals surface area contributed by atoms with Crippen LogP contribution in [0.5, 0.6) is 0 Å². The third kappa shape index (κ3) is 4.92. The number of sulfone groups is 1. The van der Waals surface area contributed by atoms with E-state index in [0.717, 1.165) is 41.7 Å². The fourth-order valence-electron chi connectivity index (χ4n) is 4.68. The van der Waals surface area contributed by atoms with Crippen LogP contribution in [0, 0.1) is 6.92 Å². The molecule has 1 aliphatic carbocycles. The quantitative estimate of drug-likeness (QED) is 0.294. The molecule has 5 rings (SSSR count). The molecular formula is C28H28N2O4S2. The zero-order chi connectivity index (χ0) is 25.3. The summed E-state index contributed by atoms with van der Waals surface area (Å²) in [5, 5.41) is 0. The van der Waals surface area contributed by atoms with E-state index in [9.17, 15) is 13.2 Å². The Kier molecular flexibility index (Phi) is 6.90. The molecule has 0 fully saturated rings. The number of aromatic nitrogens is 2. The molecule has 4 aromatic rings. The Morgan fingerprint density at radius 2 is 1.64 bits per heavy atom. The Morgan fingerprint density at radius 3 is 2.33 bits per heavy atom. The van der Waals surface area contributed by atoms with Gasteiger partial charge in [-0.2, -0.15) is 0 Å². The number of rotatable bonds is 7. The van der Waals surface area contributed by atoms with Crippen LogP contribution in [0.3, 0.4) is 0 Å². The molecule has 8 heteroatoms. The van der Waals surface area contributed by atoms with Gasteiger partial charge in [0.25, 0.3) is 0 Å². The third-order valence-electron chi connectivity index (χ3n) is 6.48. The Balaban J connectivity index is 1.60. The number of para-hydroxylation sites is 2. The summed E-state index contributed by atoms with van der Waals surface area (Å²) in [4.78, 5) is 24.9. The van der Waals surface area contributed by atoms with E-state index in [4.69, 9.17) is 14.7 Å². The third-order valence-corrected chi connectivity index (χ3v) is 9.42. The summed E-state index contributed by atoms with van der Waals surface area (Å²) < 4.78 is 32.1. The summed E-state index contributed by atoms with van der Waals surface area (Å²) in [6.45, 7) is 4.03. The van der Waals surface area contributed by atoms with E-state index in [1.54, 1.807) is 42.5 Å². The lowest BCUT2D eigenvalue weighted by molar-refractivity contribution is 0.0524. The van der Waals surface area contributed by atoms with E-state index in [-0.39, 0.29) is 16.6 Å². The first-order chi connectivity index (χ1) is 17.4. The molecule has 0 aliphatic heterocycles. The van der Waals surface area contributed by atoms with Gasteiger partial charge in [0.2, 0.25) is 0 Å². The first-order valence-electron chi connectivity index (χ1n) is 12.2. The van der Waals surface area contributed by atoms with E-state index < -0.39 is 9.84 Å². The van der Waals surface area contributed by atoms with Gasteiger partial charge in [0.05, 0.1) is 45.2 Å². The maximum absolute atomic E-state index is 13.3. The second kappa shape index (κ2) is 10.1. The molecule has 0 amide bonds. The molecule has 0 radical (unpaired) electrons. The van der Waals surface area contributed by atoms with Crippen LogP contribution in [-0.4, -0.2) is 31.0 Å². The lowest BCUT2D eigenvalue weighted by Gasteiger charge is -2.13. The SMILES string of the molecule is CCOC(=O)c1c(Cc2nc3ccccc3nc2CS(=O)(=O)c2ccc(C)cc2)sc2c1CCCC2. The highest BCUT2D eigenvalue weighted by Crippen LogP contribution is 2.36. The zero-order valence-electron chi connectivity index (χ0n) is 20.4. The molecule has 0 bridgehead atoms. The van der Waals surface area contributed by atoms with Crippen LogP contribution in [0.15, 0.2) is 53.4 Å². The average molecular weight is 521 g/mol. The van der Waals surface area contributed by atoms with Gasteiger partial charge in [-0.15, -0.1) is 11.3 Å². The van der Waals surface area contributed by atoms with Gasteiger partial charge < -0.3 is 4.74 Å².